The number of phenolic OH excluding ortho intramolecular Hbond substituents is 2. The highest BCUT2D eigenvalue weighted by molar-refractivity contribution is 6.36. The summed E-state index contributed by atoms with van der Waals surface area (Å²) in [5.74, 6) is -1.93. The molecule has 4 nitrogen and oxygen atoms in total. The van der Waals surface area contributed by atoms with Crippen molar-refractivity contribution < 1.29 is 19.8 Å². The van der Waals surface area contributed by atoms with Crippen LogP contribution in [0.25, 0.3) is 0 Å². The van der Waals surface area contributed by atoms with E-state index >= 15 is 0 Å². The van der Waals surface area contributed by atoms with Gasteiger partial charge in [0.05, 0.1) is 16.1 Å². The van der Waals surface area contributed by atoms with Crippen molar-refractivity contribution >= 4 is 23.2 Å². The van der Waals surface area contributed by atoms with Crippen LogP contribution in [0.4, 0.5) is 0 Å². The number of hydrogen-bond donors (Lipinski definition) is 2. The number of rotatable bonds is 0. The molecule has 0 saturated heterocycles. The SMILES string of the molecule is O=C1c2ccccc2C(=O)c2c(O)c(Cl)cc(O)c21. The molecule has 0 unspecified atom stereocenters. The van der Waals surface area contributed by atoms with E-state index in [9.17, 15) is 19.8 Å². The van der Waals surface area contributed by atoms with Crippen molar-refractivity contribution in [1.82, 2.24) is 0 Å². The molecule has 0 aromatic heterocycles. The second kappa shape index (κ2) is 3.83. The third-order valence-electron chi connectivity index (χ3n) is 3.10. The normalized spacial score (nSPS) is 13.1. The van der Waals surface area contributed by atoms with E-state index in [0.29, 0.717) is 0 Å². The molecular formula is C14H7ClO4. The minimum atomic E-state index is -0.527. The number of halogens is 1. The third kappa shape index (κ3) is 1.47. The maximum absolute atomic E-state index is 12.3. The monoisotopic (exact) mass is 274 g/mol. The van der Waals surface area contributed by atoms with E-state index in [0.717, 1.165) is 6.07 Å². The van der Waals surface area contributed by atoms with Crippen molar-refractivity contribution in [1.29, 1.82) is 0 Å². The zero-order chi connectivity index (χ0) is 13.7. The highest BCUT2D eigenvalue weighted by Crippen LogP contribution is 2.41. The number of ketones is 2. The number of carbonyl (C=O) groups excluding carboxylic acids is 2. The largest absolute Gasteiger partial charge is 0.507 e. The van der Waals surface area contributed by atoms with E-state index in [2.05, 4.69) is 0 Å². The number of carbonyl (C=O) groups is 2. The van der Waals surface area contributed by atoms with Gasteiger partial charge < -0.3 is 10.2 Å². The van der Waals surface area contributed by atoms with Gasteiger partial charge in [0.25, 0.3) is 0 Å². The fraction of sp³-hybridized carbons (Fsp3) is 0. The number of fused-ring (bicyclic) bond motifs is 2. The molecule has 0 saturated carbocycles. The van der Waals surface area contributed by atoms with Crippen LogP contribution in [-0.2, 0) is 0 Å². The van der Waals surface area contributed by atoms with Gasteiger partial charge in [0.15, 0.2) is 11.6 Å². The Morgan fingerprint density at radius 3 is 2.00 bits per heavy atom. The maximum Gasteiger partial charge on any atom is 0.198 e. The van der Waals surface area contributed by atoms with E-state index in [1.54, 1.807) is 12.1 Å². The molecule has 3 rings (SSSR count). The molecule has 5 heteroatoms. The molecule has 0 radical (unpaired) electrons. The van der Waals surface area contributed by atoms with Crippen LogP contribution < -0.4 is 0 Å². The summed E-state index contributed by atoms with van der Waals surface area (Å²) >= 11 is 5.72. The lowest BCUT2D eigenvalue weighted by atomic mass is 9.83. The summed E-state index contributed by atoms with van der Waals surface area (Å²) in [5, 5.41) is 19.5. The summed E-state index contributed by atoms with van der Waals surface area (Å²) in [4.78, 5) is 24.6. The second-order valence-corrected chi connectivity index (χ2v) is 4.59. The molecule has 0 aliphatic heterocycles. The first kappa shape index (κ1) is 11.7. The topological polar surface area (TPSA) is 74.6 Å². The maximum atomic E-state index is 12.3. The first-order valence-corrected chi connectivity index (χ1v) is 5.83. The molecule has 2 aromatic rings. The summed E-state index contributed by atoms with van der Waals surface area (Å²) in [6.07, 6.45) is 0. The molecule has 0 spiro atoms. The van der Waals surface area contributed by atoms with Crippen LogP contribution in [0.1, 0.15) is 31.8 Å². The van der Waals surface area contributed by atoms with Gasteiger partial charge in [-0.2, -0.15) is 0 Å². The van der Waals surface area contributed by atoms with Gasteiger partial charge in [0.1, 0.15) is 11.5 Å². The Bertz CT molecular complexity index is 749. The van der Waals surface area contributed by atoms with Crippen molar-refractivity contribution in [3.8, 4) is 11.5 Å². The van der Waals surface area contributed by atoms with Gasteiger partial charge in [-0.25, -0.2) is 0 Å². The Morgan fingerprint density at radius 2 is 1.42 bits per heavy atom. The molecule has 0 atom stereocenters. The predicted molar refractivity (Wildman–Crippen MR) is 68.1 cm³/mol. The first-order valence-electron chi connectivity index (χ1n) is 5.45. The summed E-state index contributed by atoms with van der Waals surface area (Å²) < 4.78 is 0. The fourth-order valence-electron chi connectivity index (χ4n) is 2.23. The van der Waals surface area contributed by atoms with Crippen molar-refractivity contribution in [3.63, 3.8) is 0 Å². The van der Waals surface area contributed by atoms with Crippen molar-refractivity contribution in [2.75, 3.05) is 0 Å². The van der Waals surface area contributed by atoms with Gasteiger partial charge in [-0.1, -0.05) is 35.9 Å². The molecule has 0 fully saturated rings. The van der Waals surface area contributed by atoms with E-state index < -0.39 is 23.1 Å². The Kier molecular flexibility index (Phi) is 2.37. The highest BCUT2D eigenvalue weighted by Gasteiger charge is 2.35. The Hall–Kier alpha value is -2.33. The Balaban J connectivity index is 2.43. The summed E-state index contributed by atoms with van der Waals surface area (Å²) in [6.45, 7) is 0. The minimum Gasteiger partial charge on any atom is -0.507 e. The van der Waals surface area contributed by atoms with E-state index in [4.69, 9.17) is 11.6 Å². The van der Waals surface area contributed by atoms with Gasteiger partial charge in [0.2, 0.25) is 0 Å². The van der Waals surface area contributed by atoms with Gasteiger partial charge in [0, 0.05) is 17.2 Å². The lowest BCUT2D eigenvalue weighted by molar-refractivity contribution is 0.0974. The molecule has 0 amide bonds. The molecule has 2 aromatic carbocycles. The Morgan fingerprint density at radius 1 is 0.895 bits per heavy atom. The molecule has 19 heavy (non-hydrogen) atoms. The van der Waals surface area contributed by atoms with Crippen molar-refractivity contribution in [2.24, 2.45) is 0 Å². The van der Waals surface area contributed by atoms with E-state index in [1.165, 1.54) is 12.1 Å². The standard InChI is InChI=1S/C14H7ClO4/c15-8-5-9(16)10-11(14(8)19)13(18)7-4-2-1-3-6(7)12(10)17/h1-5,16,19H. The molecule has 0 heterocycles. The minimum absolute atomic E-state index is 0.170. The van der Waals surface area contributed by atoms with Crippen LogP contribution in [0.2, 0.25) is 5.02 Å². The molecule has 1 aliphatic rings. The lowest BCUT2D eigenvalue weighted by Gasteiger charge is -2.19. The smallest absolute Gasteiger partial charge is 0.198 e. The summed E-state index contributed by atoms with van der Waals surface area (Å²) in [6, 6.07) is 7.30. The van der Waals surface area contributed by atoms with Gasteiger partial charge >= 0.3 is 0 Å². The first-order chi connectivity index (χ1) is 9.02. The zero-order valence-corrected chi connectivity index (χ0v) is 10.2. The summed E-state index contributed by atoms with van der Waals surface area (Å²) in [7, 11) is 0. The average Bonchev–Trinajstić information content (AvgIpc) is 2.40. The molecule has 2 N–H and O–H groups in total. The molecule has 1 aliphatic carbocycles. The van der Waals surface area contributed by atoms with Crippen LogP contribution in [0, 0.1) is 0 Å². The number of hydrogen-bond acceptors (Lipinski definition) is 4. The van der Waals surface area contributed by atoms with Gasteiger partial charge in [-0.05, 0) is 0 Å². The average molecular weight is 275 g/mol. The molecule has 0 bridgehead atoms. The highest BCUT2D eigenvalue weighted by atomic mass is 35.5. The number of phenols is 2. The van der Waals surface area contributed by atoms with Crippen molar-refractivity contribution in [2.45, 2.75) is 0 Å². The van der Waals surface area contributed by atoms with Gasteiger partial charge in [-0.3, -0.25) is 9.59 Å². The number of benzene rings is 2. The number of aromatic hydroxyl groups is 2. The van der Waals surface area contributed by atoms with Gasteiger partial charge in [-0.15, -0.1) is 0 Å². The molecular weight excluding hydrogens is 268 g/mol. The van der Waals surface area contributed by atoms with Crippen LogP contribution in [-0.4, -0.2) is 21.8 Å². The summed E-state index contributed by atoms with van der Waals surface area (Å²) in [5.41, 5.74) is -0.0479. The van der Waals surface area contributed by atoms with Crippen molar-refractivity contribution in [3.05, 3.63) is 57.6 Å². The lowest BCUT2D eigenvalue weighted by Crippen LogP contribution is -2.21. The van der Waals surface area contributed by atoms with Crippen LogP contribution in [0.5, 0.6) is 11.5 Å². The van der Waals surface area contributed by atoms with E-state index in [-0.39, 0.29) is 27.3 Å². The van der Waals surface area contributed by atoms with E-state index in [1.807, 2.05) is 0 Å². The zero-order valence-electron chi connectivity index (χ0n) is 9.48. The third-order valence-corrected chi connectivity index (χ3v) is 3.39. The second-order valence-electron chi connectivity index (χ2n) is 4.18. The Labute approximate surface area is 112 Å². The predicted octanol–water partition coefficient (Wildman–Crippen LogP) is 2.53. The fourth-order valence-corrected chi connectivity index (χ4v) is 2.42. The molecule has 94 valence electrons. The quantitative estimate of drug-likeness (QED) is 0.618. The van der Waals surface area contributed by atoms with Crippen LogP contribution >= 0.6 is 11.6 Å². The van der Waals surface area contributed by atoms with Crippen LogP contribution in [0.15, 0.2) is 30.3 Å². The van der Waals surface area contributed by atoms with Crippen LogP contribution in [0.3, 0.4) is 0 Å².